The third-order valence-electron chi connectivity index (χ3n) is 4.79. The van der Waals surface area contributed by atoms with Crippen molar-refractivity contribution >= 4 is 21.6 Å². The Hall–Kier alpha value is -2.25. The maximum Gasteiger partial charge on any atom is 0.290 e. The van der Waals surface area contributed by atoms with Gasteiger partial charge in [-0.15, -0.1) is 0 Å². The summed E-state index contributed by atoms with van der Waals surface area (Å²) in [5.74, 6) is -0.200. The fourth-order valence-electron chi connectivity index (χ4n) is 3.20. The standard InChI is InChI=1S/C20H25N3O3S/c1-16-8-12-22(13-9-16)15-20(24)21-18-7-6-17(2)19(14-18)27(25,26)23-10-4-3-5-11-23/h6-9,12-14H,3-5,10-11,15H2,1-2H3/p+1. The number of aryl methyl sites for hydroxylation is 2. The first-order chi connectivity index (χ1) is 12.9. The van der Waals surface area contributed by atoms with Gasteiger partial charge in [-0.25, -0.2) is 8.42 Å². The summed E-state index contributed by atoms with van der Waals surface area (Å²) in [6.07, 6.45) is 6.54. The number of sulfonamides is 1. The van der Waals surface area contributed by atoms with Gasteiger partial charge >= 0.3 is 0 Å². The molecule has 1 saturated heterocycles. The molecule has 1 aliphatic heterocycles. The largest absolute Gasteiger partial charge is 0.321 e. The minimum absolute atomic E-state index is 0.169. The van der Waals surface area contributed by atoms with Crippen LogP contribution >= 0.6 is 0 Å². The van der Waals surface area contributed by atoms with E-state index in [0.29, 0.717) is 24.3 Å². The summed E-state index contributed by atoms with van der Waals surface area (Å²) in [5.41, 5.74) is 2.30. The maximum atomic E-state index is 13.0. The van der Waals surface area contributed by atoms with Crippen molar-refractivity contribution in [3.63, 3.8) is 0 Å². The van der Waals surface area contributed by atoms with Crippen molar-refractivity contribution < 1.29 is 17.8 Å². The second-order valence-corrected chi connectivity index (χ2v) is 8.95. The quantitative estimate of drug-likeness (QED) is 0.800. The number of nitrogens with one attached hydrogen (secondary N) is 1. The van der Waals surface area contributed by atoms with Crippen LogP contribution in [0.15, 0.2) is 47.6 Å². The number of benzene rings is 1. The van der Waals surface area contributed by atoms with Gasteiger partial charge in [-0.3, -0.25) is 4.79 Å². The molecule has 0 spiro atoms. The number of rotatable bonds is 5. The van der Waals surface area contributed by atoms with Crippen LogP contribution in [0.3, 0.4) is 0 Å². The van der Waals surface area contributed by atoms with E-state index in [1.807, 2.05) is 31.5 Å². The van der Waals surface area contributed by atoms with Gasteiger partial charge in [0.05, 0.1) is 4.90 Å². The third-order valence-corrected chi connectivity index (χ3v) is 6.83. The predicted molar refractivity (Wildman–Crippen MR) is 104 cm³/mol. The average Bonchev–Trinajstić information content (AvgIpc) is 2.66. The average molecular weight is 389 g/mol. The first-order valence-electron chi connectivity index (χ1n) is 9.22. The monoisotopic (exact) mass is 388 g/mol. The van der Waals surface area contributed by atoms with Gasteiger partial charge < -0.3 is 5.32 Å². The molecule has 0 saturated carbocycles. The number of aromatic nitrogens is 1. The van der Waals surface area contributed by atoms with E-state index >= 15 is 0 Å². The molecule has 0 bridgehead atoms. The lowest BCUT2D eigenvalue weighted by atomic mass is 10.2. The fourth-order valence-corrected chi connectivity index (χ4v) is 4.97. The summed E-state index contributed by atoms with van der Waals surface area (Å²) in [7, 11) is -3.54. The summed E-state index contributed by atoms with van der Waals surface area (Å²) >= 11 is 0. The van der Waals surface area contributed by atoms with Gasteiger partial charge in [-0.05, 0) is 49.9 Å². The summed E-state index contributed by atoms with van der Waals surface area (Å²) in [6.45, 7) is 5.05. The lowest BCUT2D eigenvalue weighted by molar-refractivity contribution is -0.684. The Kier molecular flexibility index (Phi) is 5.92. The Bertz CT molecular complexity index is 918. The van der Waals surface area contributed by atoms with E-state index in [1.165, 1.54) is 0 Å². The van der Waals surface area contributed by atoms with Gasteiger partial charge in [0.1, 0.15) is 0 Å². The van der Waals surface area contributed by atoms with Gasteiger partial charge in [-0.1, -0.05) is 12.5 Å². The summed E-state index contributed by atoms with van der Waals surface area (Å²) in [5, 5.41) is 2.80. The van der Waals surface area contributed by atoms with Crippen molar-refractivity contribution in [2.45, 2.75) is 44.6 Å². The van der Waals surface area contributed by atoms with Crippen molar-refractivity contribution in [3.8, 4) is 0 Å². The van der Waals surface area contributed by atoms with Crippen molar-refractivity contribution in [2.75, 3.05) is 18.4 Å². The summed E-state index contributed by atoms with van der Waals surface area (Å²) in [4.78, 5) is 12.6. The topological polar surface area (TPSA) is 70.4 Å². The fraction of sp³-hybridized carbons (Fsp3) is 0.400. The van der Waals surface area contributed by atoms with E-state index in [0.717, 1.165) is 24.8 Å². The number of hydrogen-bond acceptors (Lipinski definition) is 3. The zero-order chi connectivity index (χ0) is 19.4. The van der Waals surface area contributed by atoms with Crippen LogP contribution in [0.4, 0.5) is 5.69 Å². The highest BCUT2D eigenvalue weighted by atomic mass is 32.2. The van der Waals surface area contributed by atoms with Crippen LogP contribution in [-0.2, 0) is 21.4 Å². The first-order valence-corrected chi connectivity index (χ1v) is 10.7. The van der Waals surface area contributed by atoms with Crippen molar-refractivity contribution in [2.24, 2.45) is 0 Å². The Morgan fingerprint density at radius 3 is 2.41 bits per heavy atom. The molecule has 27 heavy (non-hydrogen) atoms. The molecule has 0 atom stereocenters. The van der Waals surface area contributed by atoms with Crippen LogP contribution in [0, 0.1) is 13.8 Å². The minimum atomic E-state index is -3.54. The second kappa shape index (κ2) is 8.19. The number of hydrogen-bond donors (Lipinski definition) is 1. The molecule has 1 aliphatic rings. The van der Waals surface area contributed by atoms with E-state index in [9.17, 15) is 13.2 Å². The molecule has 1 aromatic carbocycles. The highest BCUT2D eigenvalue weighted by Crippen LogP contribution is 2.26. The van der Waals surface area contributed by atoms with Gasteiger partial charge in [0.2, 0.25) is 16.6 Å². The predicted octanol–water partition coefficient (Wildman–Crippen LogP) is 2.40. The minimum Gasteiger partial charge on any atom is -0.321 e. The molecular formula is C20H26N3O3S+. The van der Waals surface area contributed by atoms with Gasteiger partial charge in [-0.2, -0.15) is 8.87 Å². The molecule has 3 rings (SSSR count). The number of carbonyl (C=O) groups is 1. The zero-order valence-corrected chi connectivity index (χ0v) is 16.6. The zero-order valence-electron chi connectivity index (χ0n) is 15.8. The van der Waals surface area contributed by atoms with Crippen LogP contribution in [0.5, 0.6) is 0 Å². The first kappa shape index (κ1) is 19.5. The van der Waals surface area contributed by atoms with Gasteiger partial charge in [0.25, 0.3) is 5.91 Å². The number of nitrogens with zero attached hydrogens (tertiary/aromatic N) is 2. The smallest absolute Gasteiger partial charge is 0.290 e. The van der Waals surface area contributed by atoms with E-state index in [1.54, 1.807) is 34.0 Å². The molecule has 1 fully saturated rings. The molecular weight excluding hydrogens is 362 g/mol. The molecule has 6 nitrogen and oxygen atoms in total. The van der Waals surface area contributed by atoms with E-state index in [-0.39, 0.29) is 17.3 Å². The lowest BCUT2D eigenvalue weighted by Crippen LogP contribution is -2.39. The third kappa shape index (κ3) is 4.73. The number of amides is 1. The van der Waals surface area contributed by atoms with Crippen molar-refractivity contribution in [1.29, 1.82) is 0 Å². The molecule has 1 N–H and O–H groups in total. The van der Waals surface area contributed by atoms with Gasteiger partial charge in [0.15, 0.2) is 12.4 Å². The molecule has 2 aromatic rings. The molecule has 7 heteroatoms. The molecule has 0 aliphatic carbocycles. The molecule has 0 unspecified atom stereocenters. The van der Waals surface area contributed by atoms with Crippen LogP contribution in [-0.4, -0.2) is 31.7 Å². The molecule has 0 radical (unpaired) electrons. The Morgan fingerprint density at radius 1 is 1.07 bits per heavy atom. The van der Waals surface area contributed by atoms with Crippen LogP contribution in [0.1, 0.15) is 30.4 Å². The van der Waals surface area contributed by atoms with Crippen molar-refractivity contribution in [3.05, 3.63) is 53.9 Å². The van der Waals surface area contributed by atoms with Crippen LogP contribution in [0.25, 0.3) is 0 Å². The van der Waals surface area contributed by atoms with E-state index in [2.05, 4.69) is 5.32 Å². The summed E-state index contributed by atoms with van der Waals surface area (Å²) < 4.78 is 29.3. The molecule has 1 aromatic heterocycles. The second-order valence-electron chi connectivity index (χ2n) is 7.04. The Morgan fingerprint density at radius 2 is 1.74 bits per heavy atom. The van der Waals surface area contributed by atoms with Crippen LogP contribution < -0.4 is 9.88 Å². The maximum absolute atomic E-state index is 13.0. The lowest BCUT2D eigenvalue weighted by Gasteiger charge is -2.26. The normalized spacial score (nSPS) is 15.5. The van der Waals surface area contributed by atoms with Gasteiger partial charge in [0, 0.05) is 30.9 Å². The number of carbonyl (C=O) groups excluding carboxylic acids is 1. The Labute approximate surface area is 160 Å². The van der Waals surface area contributed by atoms with E-state index in [4.69, 9.17) is 0 Å². The number of pyridine rings is 1. The van der Waals surface area contributed by atoms with E-state index < -0.39 is 10.0 Å². The SMILES string of the molecule is Cc1cc[n+](CC(=O)Nc2ccc(C)c(S(=O)(=O)N3CCCCC3)c2)cc1. The number of anilines is 1. The highest BCUT2D eigenvalue weighted by molar-refractivity contribution is 7.89. The molecule has 1 amide bonds. The molecule has 2 heterocycles. The Balaban J connectivity index is 1.76. The van der Waals surface area contributed by atoms with Crippen molar-refractivity contribution in [1.82, 2.24) is 4.31 Å². The number of piperidine rings is 1. The molecule has 144 valence electrons. The summed E-state index contributed by atoms with van der Waals surface area (Å²) in [6, 6.07) is 8.91. The highest BCUT2D eigenvalue weighted by Gasteiger charge is 2.27. The van der Waals surface area contributed by atoms with Crippen LogP contribution in [0.2, 0.25) is 0 Å².